The number of fused-ring (bicyclic) bond motifs is 3. The van der Waals surface area contributed by atoms with Crippen LogP contribution in [0.15, 0.2) is 53.0 Å². The highest BCUT2D eigenvalue weighted by atomic mass is 79.9. The number of Topliss-reactive ketones (excluding diaryl/α,β-unsaturated/α-hetero) is 2. The Balaban J connectivity index is 1.52. The lowest BCUT2D eigenvalue weighted by molar-refractivity contribution is -0.147. The van der Waals surface area contributed by atoms with E-state index < -0.39 is 41.0 Å². The normalized spacial score (nSPS) is 28.8. The Hall–Kier alpha value is -2.64. The zero-order valence-electron chi connectivity index (χ0n) is 17.1. The third kappa shape index (κ3) is 2.43. The number of hydrogen-bond acceptors (Lipinski definition) is 5. The molecule has 7 heteroatoms. The fourth-order valence-corrected chi connectivity index (χ4v) is 6.28. The van der Waals surface area contributed by atoms with E-state index in [1.807, 2.05) is 12.1 Å². The summed E-state index contributed by atoms with van der Waals surface area (Å²) in [5, 5.41) is 0. The third-order valence-electron chi connectivity index (χ3n) is 7.44. The minimum absolute atomic E-state index is 0.169. The van der Waals surface area contributed by atoms with Crippen LogP contribution in [0.4, 0.5) is 0 Å². The van der Waals surface area contributed by atoms with Crippen LogP contribution in [0.25, 0.3) is 0 Å². The highest BCUT2D eigenvalue weighted by molar-refractivity contribution is 9.10. The van der Waals surface area contributed by atoms with Crippen LogP contribution >= 0.6 is 15.9 Å². The molecule has 2 aromatic rings. The van der Waals surface area contributed by atoms with Crippen molar-refractivity contribution in [2.24, 2.45) is 11.8 Å². The molecule has 2 heterocycles. The number of imide groups is 1. The molecule has 2 aliphatic heterocycles. The molecular formula is C25H20BrNO5. The van der Waals surface area contributed by atoms with Gasteiger partial charge in [-0.25, -0.2) is 0 Å². The number of hydrogen-bond donors (Lipinski definition) is 0. The van der Waals surface area contributed by atoms with Crippen LogP contribution in [-0.4, -0.2) is 39.9 Å². The van der Waals surface area contributed by atoms with Crippen LogP contribution in [0.3, 0.4) is 0 Å². The van der Waals surface area contributed by atoms with Crippen molar-refractivity contribution in [2.75, 3.05) is 0 Å². The molecule has 2 aromatic carbocycles. The lowest BCUT2D eigenvalue weighted by Crippen LogP contribution is -2.51. The van der Waals surface area contributed by atoms with Gasteiger partial charge in [-0.2, -0.15) is 0 Å². The number of nitrogens with zero attached hydrogens (tertiary/aromatic N) is 1. The average molecular weight is 494 g/mol. The van der Waals surface area contributed by atoms with Crippen molar-refractivity contribution in [2.45, 2.75) is 43.4 Å². The van der Waals surface area contributed by atoms with E-state index in [2.05, 4.69) is 15.9 Å². The maximum atomic E-state index is 13.7. The Morgan fingerprint density at radius 3 is 2.03 bits per heavy atom. The van der Waals surface area contributed by atoms with Crippen molar-refractivity contribution in [1.29, 1.82) is 0 Å². The Bertz CT molecular complexity index is 1150. The number of likely N-dealkylation sites (tertiary alicyclic amines) is 1. The Morgan fingerprint density at radius 1 is 0.844 bits per heavy atom. The number of carbonyl (C=O) groups is 4. The second kappa shape index (κ2) is 6.93. The number of ketones is 2. The van der Waals surface area contributed by atoms with Crippen molar-refractivity contribution in [3.8, 4) is 0 Å². The van der Waals surface area contributed by atoms with Crippen molar-refractivity contribution >= 4 is 39.3 Å². The van der Waals surface area contributed by atoms with Gasteiger partial charge in [0.25, 0.3) is 0 Å². The first kappa shape index (κ1) is 20.0. The van der Waals surface area contributed by atoms with E-state index in [1.54, 1.807) is 36.4 Å². The van der Waals surface area contributed by atoms with Crippen LogP contribution < -0.4 is 0 Å². The lowest BCUT2D eigenvalue weighted by Gasteiger charge is -2.29. The molecule has 162 valence electrons. The molecular weight excluding hydrogens is 474 g/mol. The van der Waals surface area contributed by atoms with Crippen LogP contribution in [0.5, 0.6) is 0 Å². The van der Waals surface area contributed by atoms with Gasteiger partial charge in [-0.05, 0) is 30.5 Å². The largest absolute Gasteiger partial charge is 0.349 e. The summed E-state index contributed by atoms with van der Waals surface area (Å²) < 4.78 is 7.13. The zero-order chi connectivity index (χ0) is 22.2. The molecule has 0 radical (unpaired) electrons. The summed E-state index contributed by atoms with van der Waals surface area (Å²) in [5.74, 6) is -3.83. The Kier molecular flexibility index (Phi) is 4.33. The molecule has 2 aliphatic carbocycles. The molecule has 1 spiro atoms. The highest BCUT2D eigenvalue weighted by Gasteiger charge is 2.75. The number of halogens is 1. The van der Waals surface area contributed by atoms with E-state index in [0.717, 1.165) is 30.2 Å². The van der Waals surface area contributed by atoms with Crippen LogP contribution in [0, 0.1) is 11.8 Å². The summed E-state index contributed by atoms with van der Waals surface area (Å²) in [5.41, 5.74) is -0.794. The number of ether oxygens (including phenoxy) is 1. The maximum Gasteiger partial charge on any atom is 0.237 e. The van der Waals surface area contributed by atoms with Crippen molar-refractivity contribution < 1.29 is 23.9 Å². The summed E-state index contributed by atoms with van der Waals surface area (Å²) in [7, 11) is 0. The first-order valence-corrected chi connectivity index (χ1v) is 11.7. The van der Waals surface area contributed by atoms with E-state index in [-0.39, 0.29) is 23.1 Å². The van der Waals surface area contributed by atoms with Gasteiger partial charge >= 0.3 is 0 Å². The maximum absolute atomic E-state index is 13.7. The molecule has 3 atom stereocenters. The molecule has 32 heavy (non-hydrogen) atoms. The molecule has 0 unspecified atom stereocenters. The Morgan fingerprint density at radius 2 is 1.44 bits per heavy atom. The number of rotatable bonds is 2. The van der Waals surface area contributed by atoms with Gasteiger partial charge in [0, 0.05) is 21.6 Å². The van der Waals surface area contributed by atoms with Gasteiger partial charge in [0.2, 0.25) is 29.0 Å². The number of carbonyl (C=O) groups excluding carboxylic acids is 4. The number of benzene rings is 2. The van der Waals surface area contributed by atoms with Crippen molar-refractivity contribution in [3.63, 3.8) is 0 Å². The standard InChI is InChI=1S/C25H20BrNO5/c26-14-11-9-13(10-12-14)20-18-19(24(31)27(23(18)30)15-5-1-2-6-15)25(32-20)21(28)16-7-3-4-8-17(16)22(25)29/h3-4,7-12,15,18-20H,1-2,5-6H2/t18-,19-,20+/m0/s1. The van der Waals surface area contributed by atoms with E-state index in [9.17, 15) is 19.2 Å². The van der Waals surface area contributed by atoms with Gasteiger partial charge in [0.05, 0.1) is 17.9 Å². The van der Waals surface area contributed by atoms with E-state index in [0.29, 0.717) is 5.56 Å². The van der Waals surface area contributed by atoms with Gasteiger partial charge in [-0.1, -0.05) is 65.2 Å². The quantitative estimate of drug-likeness (QED) is 0.468. The smallest absolute Gasteiger partial charge is 0.237 e. The van der Waals surface area contributed by atoms with E-state index >= 15 is 0 Å². The summed E-state index contributed by atoms with van der Waals surface area (Å²) in [6.45, 7) is 0. The second-order valence-corrected chi connectivity index (χ2v) is 9.93. The topological polar surface area (TPSA) is 80.8 Å². The molecule has 4 aliphatic rings. The predicted molar refractivity (Wildman–Crippen MR) is 117 cm³/mol. The van der Waals surface area contributed by atoms with Crippen LogP contribution in [-0.2, 0) is 14.3 Å². The van der Waals surface area contributed by atoms with Gasteiger partial charge in [-0.3, -0.25) is 24.1 Å². The minimum atomic E-state index is -1.98. The molecule has 6 rings (SSSR count). The van der Waals surface area contributed by atoms with Crippen LogP contribution in [0.1, 0.15) is 58.1 Å². The SMILES string of the molecule is O=C1[C@@H]2[C@@H](c3ccc(Br)cc3)OC3(C(=O)c4ccccc4C3=O)[C@@H]2C(=O)N1C1CCCC1. The van der Waals surface area contributed by atoms with Crippen LogP contribution in [0.2, 0.25) is 0 Å². The molecule has 0 bridgehead atoms. The molecule has 2 amide bonds. The highest BCUT2D eigenvalue weighted by Crippen LogP contribution is 2.58. The second-order valence-electron chi connectivity index (χ2n) is 9.02. The lowest BCUT2D eigenvalue weighted by atomic mass is 9.77. The van der Waals surface area contributed by atoms with Gasteiger partial charge < -0.3 is 4.74 Å². The zero-order valence-corrected chi connectivity index (χ0v) is 18.7. The van der Waals surface area contributed by atoms with Gasteiger partial charge in [-0.15, -0.1) is 0 Å². The van der Waals surface area contributed by atoms with E-state index in [4.69, 9.17) is 4.74 Å². The van der Waals surface area contributed by atoms with Gasteiger partial charge in [0.1, 0.15) is 0 Å². The molecule has 0 N–H and O–H groups in total. The average Bonchev–Trinajstić information content (AvgIpc) is 3.54. The first-order chi connectivity index (χ1) is 15.4. The molecule has 3 fully saturated rings. The summed E-state index contributed by atoms with van der Waals surface area (Å²) in [4.78, 5) is 56.0. The molecule has 6 nitrogen and oxygen atoms in total. The summed E-state index contributed by atoms with van der Waals surface area (Å²) in [6, 6.07) is 13.6. The minimum Gasteiger partial charge on any atom is -0.349 e. The third-order valence-corrected chi connectivity index (χ3v) is 7.97. The monoisotopic (exact) mass is 493 g/mol. The Labute approximate surface area is 193 Å². The fourth-order valence-electron chi connectivity index (χ4n) is 6.02. The van der Waals surface area contributed by atoms with Crippen molar-refractivity contribution in [3.05, 3.63) is 69.7 Å². The van der Waals surface area contributed by atoms with Crippen molar-refractivity contribution in [1.82, 2.24) is 4.90 Å². The molecule has 0 aromatic heterocycles. The predicted octanol–water partition coefficient (Wildman–Crippen LogP) is 3.88. The van der Waals surface area contributed by atoms with Gasteiger partial charge in [0.15, 0.2) is 0 Å². The molecule has 2 saturated heterocycles. The molecule has 1 saturated carbocycles. The summed E-state index contributed by atoms with van der Waals surface area (Å²) in [6.07, 6.45) is 2.58. The summed E-state index contributed by atoms with van der Waals surface area (Å²) >= 11 is 3.41. The fraction of sp³-hybridized carbons (Fsp3) is 0.360. The number of amides is 2. The van der Waals surface area contributed by atoms with E-state index in [1.165, 1.54) is 4.90 Å². The first-order valence-electron chi connectivity index (χ1n) is 10.9.